The highest BCUT2D eigenvalue weighted by Crippen LogP contribution is 2.25. The summed E-state index contributed by atoms with van der Waals surface area (Å²) in [5, 5.41) is 16.6. The number of carbonyl (C=O) groups excluding carboxylic acids is 1. The van der Waals surface area contributed by atoms with Crippen molar-refractivity contribution in [1.82, 2.24) is 30.2 Å². The fourth-order valence-corrected chi connectivity index (χ4v) is 4.97. The Morgan fingerprint density at radius 3 is 2.40 bits per heavy atom. The molecule has 2 heterocycles. The van der Waals surface area contributed by atoms with E-state index in [1.165, 1.54) is 4.31 Å². The van der Waals surface area contributed by atoms with Crippen LogP contribution in [0.2, 0.25) is 0 Å². The summed E-state index contributed by atoms with van der Waals surface area (Å²) in [5.41, 5.74) is 1.71. The van der Waals surface area contributed by atoms with Crippen molar-refractivity contribution in [2.75, 3.05) is 13.1 Å². The highest BCUT2D eigenvalue weighted by molar-refractivity contribution is 7.89. The van der Waals surface area contributed by atoms with Gasteiger partial charge in [-0.1, -0.05) is 30.3 Å². The Kier molecular flexibility index (Phi) is 5.86. The molecule has 1 saturated heterocycles. The molecule has 4 rings (SSSR count). The number of hydrogen-bond donors (Lipinski definition) is 2. The lowest BCUT2D eigenvalue weighted by Crippen LogP contribution is -2.42. The van der Waals surface area contributed by atoms with Gasteiger partial charge in [0.2, 0.25) is 21.8 Å². The summed E-state index contributed by atoms with van der Waals surface area (Å²) in [5.74, 6) is 0.197. The van der Waals surface area contributed by atoms with Crippen molar-refractivity contribution < 1.29 is 13.2 Å². The first-order chi connectivity index (χ1) is 14.5. The highest BCUT2D eigenvalue weighted by Gasteiger charge is 2.32. The number of nitrogens with zero attached hydrogens (tertiary/aromatic N) is 4. The molecule has 0 aliphatic carbocycles. The SMILES string of the molecule is O=C(NCc1ccccc1)C1CCN(S(=O)(=O)c2ccc(-c3nn[nH]n3)cc2)CC1. The Morgan fingerprint density at radius 2 is 1.77 bits per heavy atom. The number of H-pyrrole nitrogens is 1. The van der Waals surface area contributed by atoms with Gasteiger partial charge in [-0.25, -0.2) is 8.42 Å². The summed E-state index contributed by atoms with van der Waals surface area (Å²) in [4.78, 5) is 12.7. The van der Waals surface area contributed by atoms with Gasteiger partial charge in [-0.3, -0.25) is 4.79 Å². The third-order valence-electron chi connectivity index (χ3n) is 5.23. The molecule has 0 bridgehead atoms. The maximum absolute atomic E-state index is 12.9. The first kappa shape index (κ1) is 20.2. The summed E-state index contributed by atoms with van der Waals surface area (Å²) >= 11 is 0. The molecule has 1 amide bonds. The molecule has 0 unspecified atom stereocenters. The van der Waals surface area contributed by atoms with Crippen molar-refractivity contribution in [3.8, 4) is 11.4 Å². The van der Waals surface area contributed by atoms with Crippen LogP contribution >= 0.6 is 0 Å². The molecule has 1 aromatic heterocycles. The molecule has 9 nitrogen and oxygen atoms in total. The molecule has 0 spiro atoms. The van der Waals surface area contributed by atoms with Gasteiger partial charge in [-0.2, -0.15) is 9.52 Å². The Morgan fingerprint density at radius 1 is 1.07 bits per heavy atom. The fraction of sp³-hybridized carbons (Fsp3) is 0.300. The number of nitrogens with one attached hydrogen (secondary N) is 2. The first-order valence-electron chi connectivity index (χ1n) is 9.70. The molecule has 1 aliphatic rings. The molecule has 0 radical (unpaired) electrons. The predicted octanol–water partition coefficient (Wildman–Crippen LogP) is 1.58. The van der Waals surface area contributed by atoms with Crippen LogP contribution in [0.25, 0.3) is 11.4 Å². The van der Waals surface area contributed by atoms with Crippen LogP contribution in [-0.2, 0) is 21.4 Å². The van der Waals surface area contributed by atoms with Crippen molar-refractivity contribution in [3.05, 3.63) is 60.2 Å². The molecule has 10 heteroatoms. The largest absolute Gasteiger partial charge is 0.352 e. The first-order valence-corrected chi connectivity index (χ1v) is 11.1. The average Bonchev–Trinajstić information content (AvgIpc) is 3.33. The van der Waals surface area contributed by atoms with Crippen molar-refractivity contribution in [3.63, 3.8) is 0 Å². The summed E-state index contributed by atoms with van der Waals surface area (Å²) < 4.78 is 27.3. The van der Waals surface area contributed by atoms with Crippen molar-refractivity contribution >= 4 is 15.9 Å². The molecular weight excluding hydrogens is 404 g/mol. The third-order valence-corrected chi connectivity index (χ3v) is 7.14. The molecule has 0 atom stereocenters. The number of amides is 1. The molecule has 30 heavy (non-hydrogen) atoms. The molecule has 1 fully saturated rings. The second kappa shape index (κ2) is 8.72. The minimum absolute atomic E-state index is 0.0274. The van der Waals surface area contributed by atoms with E-state index in [4.69, 9.17) is 0 Å². The number of aromatic nitrogens is 4. The number of carbonyl (C=O) groups is 1. The number of hydrogen-bond acceptors (Lipinski definition) is 6. The predicted molar refractivity (Wildman–Crippen MR) is 109 cm³/mol. The van der Waals surface area contributed by atoms with Gasteiger partial charge in [0.05, 0.1) is 4.90 Å². The molecular formula is C20H22N6O3S. The number of benzene rings is 2. The minimum atomic E-state index is -3.61. The quantitative estimate of drug-likeness (QED) is 0.617. The van der Waals surface area contributed by atoms with Crippen molar-refractivity contribution in [2.45, 2.75) is 24.3 Å². The Balaban J connectivity index is 1.34. The van der Waals surface area contributed by atoms with Gasteiger partial charge in [0.1, 0.15) is 0 Å². The van der Waals surface area contributed by atoms with Gasteiger partial charge in [-0.05, 0) is 47.9 Å². The molecule has 3 aromatic rings. The summed E-state index contributed by atoms with van der Waals surface area (Å²) in [6, 6.07) is 16.1. The van der Waals surface area contributed by atoms with E-state index in [1.54, 1.807) is 24.3 Å². The van der Waals surface area contributed by atoms with E-state index >= 15 is 0 Å². The normalized spacial score (nSPS) is 15.7. The van der Waals surface area contributed by atoms with Crippen LogP contribution in [0.1, 0.15) is 18.4 Å². The van der Waals surface area contributed by atoms with Gasteiger partial charge >= 0.3 is 0 Å². The van der Waals surface area contributed by atoms with E-state index in [0.717, 1.165) is 5.56 Å². The zero-order valence-corrected chi connectivity index (χ0v) is 17.0. The monoisotopic (exact) mass is 426 g/mol. The number of tetrazole rings is 1. The van der Waals surface area contributed by atoms with Gasteiger partial charge in [0, 0.05) is 31.1 Å². The second-order valence-corrected chi connectivity index (χ2v) is 9.08. The highest BCUT2D eigenvalue weighted by atomic mass is 32.2. The molecule has 156 valence electrons. The van der Waals surface area contributed by atoms with E-state index in [1.807, 2.05) is 30.3 Å². The van der Waals surface area contributed by atoms with Crippen LogP contribution in [0.4, 0.5) is 0 Å². The molecule has 1 aliphatic heterocycles. The topological polar surface area (TPSA) is 121 Å². The van der Waals surface area contributed by atoms with Crippen LogP contribution in [0, 0.1) is 5.92 Å². The number of rotatable bonds is 6. The van der Waals surface area contributed by atoms with E-state index in [0.29, 0.717) is 43.9 Å². The fourth-order valence-electron chi connectivity index (χ4n) is 3.50. The summed E-state index contributed by atoms with van der Waals surface area (Å²) in [7, 11) is -3.61. The van der Waals surface area contributed by atoms with E-state index in [2.05, 4.69) is 25.9 Å². The lowest BCUT2D eigenvalue weighted by molar-refractivity contribution is -0.126. The van der Waals surface area contributed by atoms with Gasteiger partial charge in [0.15, 0.2) is 0 Å². The Hall–Kier alpha value is -3.11. The van der Waals surface area contributed by atoms with E-state index in [9.17, 15) is 13.2 Å². The summed E-state index contributed by atoms with van der Waals surface area (Å²) in [6.07, 6.45) is 1.00. The standard InChI is InChI=1S/C20H22N6O3S/c27-20(21-14-15-4-2-1-3-5-15)17-10-12-26(13-11-17)30(28,29)18-8-6-16(7-9-18)19-22-24-25-23-19/h1-9,17H,10-14H2,(H,21,27)(H,22,23,24,25). The van der Waals surface area contributed by atoms with Crippen LogP contribution in [-0.4, -0.2) is 52.3 Å². The average molecular weight is 427 g/mol. The Labute approximate surface area is 174 Å². The van der Waals surface area contributed by atoms with E-state index < -0.39 is 10.0 Å². The van der Waals surface area contributed by atoms with E-state index in [-0.39, 0.29) is 16.7 Å². The van der Waals surface area contributed by atoms with Crippen molar-refractivity contribution in [1.29, 1.82) is 0 Å². The lowest BCUT2D eigenvalue weighted by atomic mass is 9.97. The maximum atomic E-state index is 12.9. The third kappa shape index (κ3) is 4.39. The zero-order chi connectivity index (χ0) is 21.0. The Bertz CT molecular complexity index is 1080. The van der Waals surface area contributed by atoms with Crippen molar-refractivity contribution in [2.24, 2.45) is 5.92 Å². The molecule has 2 N–H and O–H groups in total. The van der Waals surface area contributed by atoms with Crippen LogP contribution in [0.5, 0.6) is 0 Å². The van der Waals surface area contributed by atoms with Gasteiger partial charge in [-0.15, -0.1) is 10.2 Å². The molecule has 2 aromatic carbocycles. The maximum Gasteiger partial charge on any atom is 0.243 e. The smallest absolute Gasteiger partial charge is 0.243 e. The number of aromatic amines is 1. The second-order valence-electron chi connectivity index (χ2n) is 7.14. The van der Waals surface area contributed by atoms with Gasteiger partial charge < -0.3 is 5.32 Å². The number of sulfonamides is 1. The van der Waals surface area contributed by atoms with Crippen LogP contribution in [0.3, 0.4) is 0 Å². The molecule has 0 saturated carbocycles. The summed E-state index contributed by atoms with van der Waals surface area (Å²) in [6.45, 7) is 1.11. The van der Waals surface area contributed by atoms with Gasteiger partial charge in [0.25, 0.3) is 0 Å². The zero-order valence-electron chi connectivity index (χ0n) is 16.2. The lowest BCUT2D eigenvalue weighted by Gasteiger charge is -2.30. The minimum Gasteiger partial charge on any atom is -0.352 e. The van der Waals surface area contributed by atoms with Crippen LogP contribution < -0.4 is 5.32 Å². The van der Waals surface area contributed by atoms with Crippen LogP contribution in [0.15, 0.2) is 59.5 Å². The number of piperidine rings is 1.